The summed E-state index contributed by atoms with van der Waals surface area (Å²) in [6.07, 6.45) is 3.40. The third-order valence-corrected chi connectivity index (χ3v) is 4.84. The number of anilines is 1. The minimum Gasteiger partial charge on any atom is -0.472 e. The molecule has 0 spiro atoms. The molecular weight excluding hydrogens is 344 g/mol. The fraction of sp³-hybridized carbons (Fsp3) is 0.294. The molecule has 0 aliphatic carbocycles. The predicted octanol–water partition coefficient (Wildman–Crippen LogP) is 1.91. The number of benzene rings is 1. The Hall–Kier alpha value is -2.45. The van der Waals surface area contributed by atoms with E-state index in [2.05, 4.69) is 10.3 Å². The van der Waals surface area contributed by atoms with Crippen molar-refractivity contribution in [2.75, 3.05) is 24.8 Å². The number of nitrogens with zero attached hydrogens (tertiary/aromatic N) is 1. The first-order chi connectivity index (χ1) is 11.9. The van der Waals surface area contributed by atoms with E-state index in [1.165, 1.54) is 18.3 Å². The molecule has 1 saturated heterocycles. The molecule has 1 aliphatic rings. The van der Waals surface area contributed by atoms with Crippen LogP contribution in [0.4, 0.5) is 5.69 Å². The normalized spacial score (nSPS) is 17.2. The Labute approximate surface area is 145 Å². The summed E-state index contributed by atoms with van der Waals surface area (Å²) in [7, 11) is -3.26. The van der Waals surface area contributed by atoms with Gasteiger partial charge in [0, 0.05) is 30.6 Å². The zero-order valence-electron chi connectivity index (χ0n) is 13.6. The fourth-order valence-corrected chi connectivity index (χ4v) is 2.98. The van der Waals surface area contributed by atoms with Crippen molar-refractivity contribution >= 4 is 21.4 Å². The first-order valence-corrected chi connectivity index (χ1v) is 9.63. The summed E-state index contributed by atoms with van der Waals surface area (Å²) in [6, 6.07) is 9.24. The van der Waals surface area contributed by atoms with Crippen molar-refractivity contribution in [3.05, 3.63) is 48.2 Å². The first kappa shape index (κ1) is 17.4. The van der Waals surface area contributed by atoms with Gasteiger partial charge in [-0.3, -0.25) is 4.79 Å². The van der Waals surface area contributed by atoms with Gasteiger partial charge in [0.1, 0.15) is 6.10 Å². The number of rotatable bonds is 5. The molecule has 1 atom stereocenters. The van der Waals surface area contributed by atoms with E-state index < -0.39 is 9.84 Å². The van der Waals surface area contributed by atoms with Gasteiger partial charge < -0.3 is 14.8 Å². The summed E-state index contributed by atoms with van der Waals surface area (Å²) < 4.78 is 33.7. The number of hydrogen-bond donors (Lipinski definition) is 1. The molecule has 1 amide bonds. The molecule has 0 radical (unpaired) electrons. The van der Waals surface area contributed by atoms with Crippen molar-refractivity contribution in [2.24, 2.45) is 0 Å². The monoisotopic (exact) mass is 362 g/mol. The van der Waals surface area contributed by atoms with Gasteiger partial charge in [-0.25, -0.2) is 13.4 Å². The number of amides is 1. The van der Waals surface area contributed by atoms with Gasteiger partial charge in [0.15, 0.2) is 9.84 Å². The maximum absolute atomic E-state index is 12.2. The van der Waals surface area contributed by atoms with Crippen molar-refractivity contribution in [3.63, 3.8) is 0 Å². The standard InChI is InChI=1S/C17H18N2O5S/c1-25(21,22)15-5-3-13(4-6-15)19-17(20)12-2-7-16(18-10-12)24-14-8-9-23-11-14/h2-7,10,14H,8-9,11H2,1H3,(H,19,20). The van der Waals surface area contributed by atoms with Crippen LogP contribution in [-0.2, 0) is 14.6 Å². The minimum absolute atomic E-state index is 0.000496. The molecule has 8 heteroatoms. The number of sulfone groups is 1. The first-order valence-electron chi connectivity index (χ1n) is 7.74. The highest BCUT2D eigenvalue weighted by Gasteiger charge is 2.18. The maximum Gasteiger partial charge on any atom is 0.257 e. The molecule has 1 N–H and O–H groups in total. The van der Waals surface area contributed by atoms with Gasteiger partial charge in [0.25, 0.3) is 5.91 Å². The molecule has 2 heterocycles. The molecule has 2 aromatic rings. The number of pyridine rings is 1. The van der Waals surface area contributed by atoms with E-state index in [-0.39, 0.29) is 16.9 Å². The zero-order chi connectivity index (χ0) is 17.9. The second-order valence-electron chi connectivity index (χ2n) is 5.74. The van der Waals surface area contributed by atoms with Crippen LogP contribution >= 0.6 is 0 Å². The van der Waals surface area contributed by atoms with Crippen LogP contribution in [0.15, 0.2) is 47.5 Å². The Bertz CT molecular complexity index is 842. The highest BCUT2D eigenvalue weighted by atomic mass is 32.2. The van der Waals surface area contributed by atoms with Crippen LogP contribution < -0.4 is 10.1 Å². The minimum atomic E-state index is -3.26. The summed E-state index contributed by atoms with van der Waals surface area (Å²) in [4.78, 5) is 16.6. The Morgan fingerprint density at radius 2 is 2.00 bits per heavy atom. The maximum atomic E-state index is 12.2. The van der Waals surface area contributed by atoms with Crippen molar-refractivity contribution in [3.8, 4) is 5.88 Å². The molecule has 1 aromatic carbocycles. The lowest BCUT2D eigenvalue weighted by molar-refractivity contribution is 0.102. The van der Waals surface area contributed by atoms with E-state index in [0.29, 0.717) is 30.3 Å². The topological polar surface area (TPSA) is 94.6 Å². The summed E-state index contributed by atoms with van der Waals surface area (Å²) in [6.45, 7) is 1.23. The number of carbonyl (C=O) groups is 1. The van der Waals surface area contributed by atoms with Crippen LogP contribution in [0.25, 0.3) is 0 Å². The van der Waals surface area contributed by atoms with E-state index in [9.17, 15) is 13.2 Å². The second kappa shape index (κ2) is 7.20. The van der Waals surface area contributed by atoms with Crippen molar-refractivity contribution in [1.82, 2.24) is 4.98 Å². The highest BCUT2D eigenvalue weighted by Crippen LogP contribution is 2.17. The Morgan fingerprint density at radius 1 is 1.24 bits per heavy atom. The van der Waals surface area contributed by atoms with Gasteiger partial charge in [-0.2, -0.15) is 0 Å². The molecule has 3 rings (SSSR count). The molecule has 0 bridgehead atoms. The molecule has 1 fully saturated rings. The van der Waals surface area contributed by atoms with Crippen LogP contribution in [0, 0.1) is 0 Å². The van der Waals surface area contributed by atoms with Gasteiger partial charge in [-0.1, -0.05) is 0 Å². The molecule has 1 aliphatic heterocycles. The SMILES string of the molecule is CS(=O)(=O)c1ccc(NC(=O)c2ccc(OC3CCOC3)nc2)cc1. The van der Waals surface area contributed by atoms with E-state index >= 15 is 0 Å². The lowest BCUT2D eigenvalue weighted by atomic mass is 10.2. The van der Waals surface area contributed by atoms with E-state index in [4.69, 9.17) is 9.47 Å². The number of nitrogens with one attached hydrogen (secondary N) is 1. The quantitative estimate of drug-likeness (QED) is 0.873. The molecule has 0 saturated carbocycles. The molecule has 1 unspecified atom stereocenters. The molecule has 132 valence electrons. The number of carbonyl (C=O) groups excluding carboxylic acids is 1. The number of aromatic nitrogens is 1. The predicted molar refractivity (Wildman–Crippen MR) is 91.6 cm³/mol. The van der Waals surface area contributed by atoms with Gasteiger partial charge in [-0.05, 0) is 30.3 Å². The molecular formula is C17H18N2O5S. The van der Waals surface area contributed by atoms with Crippen molar-refractivity contribution in [1.29, 1.82) is 0 Å². The lowest BCUT2D eigenvalue weighted by Crippen LogP contribution is -2.17. The zero-order valence-corrected chi connectivity index (χ0v) is 14.5. The summed E-state index contributed by atoms with van der Waals surface area (Å²) in [5, 5.41) is 2.69. The van der Waals surface area contributed by atoms with Crippen LogP contribution in [0.2, 0.25) is 0 Å². The number of hydrogen-bond acceptors (Lipinski definition) is 6. The Balaban J connectivity index is 1.62. The average molecular weight is 362 g/mol. The van der Waals surface area contributed by atoms with Gasteiger partial charge >= 0.3 is 0 Å². The van der Waals surface area contributed by atoms with Gasteiger partial charge in [-0.15, -0.1) is 0 Å². The second-order valence-corrected chi connectivity index (χ2v) is 7.75. The average Bonchev–Trinajstić information content (AvgIpc) is 3.08. The van der Waals surface area contributed by atoms with Gasteiger partial charge in [0.05, 0.1) is 23.7 Å². The van der Waals surface area contributed by atoms with Crippen LogP contribution in [-0.4, -0.2) is 44.9 Å². The summed E-state index contributed by atoms with van der Waals surface area (Å²) >= 11 is 0. The smallest absolute Gasteiger partial charge is 0.257 e. The van der Waals surface area contributed by atoms with Crippen LogP contribution in [0.5, 0.6) is 5.88 Å². The number of ether oxygens (including phenoxy) is 2. The van der Waals surface area contributed by atoms with Gasteiger partial charge in [0.2, 0.25) is 5.88 Å². The lowest BCUT2D eigenvalue weighted by Gasteiger charge is -2.11. The van der Waals surface area contributed by atoms with E-state index in [1.807, 2.05) is 0 Å². The van der Waals surface area contributed by atoms with Crippen molar-refractivity contribution < 1.29 is 22.7 Å². The van der Waals surface area contributed by atoms with E-state index in [0.717, 1.165) is 12.7 Å². The van der Waals surface area contributed by atoms with Crippen molar-refractivity contribution in [2.45, 2.75) is 17.4 Å². The van der Waals surface area contributed by atoms with E-state index in [1.54, 1.807) is 24.3 Å². The Kier molecular flexibility index (Phi) is 5.00. The molecule has 25 heavy (non-hydrogen) atoms. The third-order valence-electron chi connectivity index (χ3n) is 3.71. The molecule has 7 nitrogen and oxygen atoms in total. The fourth-order valence-electron chi connectivity index (χ4n) is 2.35. The Morgan fingerprint density at radius 3 is 2.56 bits per heavy atom. The van der Waals surface area contributed by atoms with Crippen LogP contribution in [0.3, 0.4) is 0 Å². The third kappa shape index (κ3) is 4.55. The summed E-state index contributed by atoms with van der Waals surface area (Å²) in [5.41, 5.74) is 0.878. The van der Waals surface area contributed by atoms with Crippen LogP contribution in [0.1, 0.15) is 16.8 Å². The molecule has 1 aromatic heterocycles. The largest absolute Gasteiger partial charge is 0.472 e. The summed E-state index contributed by atoms with van der Waals surface area (Å²) in [5.74, 6) is 0.111. The highest BCUT2D eigenvalue weighted by molar-refractivity contribution is 7.90.